The van der Waals surface area contributed by atoms with Crippen LogP contribution in [0.4, 0.5) is 0 Å². The molecule has 2 atom stereocenters. The molecule has 1 aromatic rings. The quantitative estimate of drug-likeness (QED) is 0.874. The van der Waals surface area contributed by atoms with Crippen LogP contribution in [0.15, 0.2) is 24.3 Å². The highest BCUT2D eigenvalue weighted by atomic mass is 32.2. The van der Waals surface area contributed by atoms with Crippen LogP contribution < -0.4 is 5.73 Å². The van der Waals surface area contributed by atoms with Gasteiger partial charge in [-0.25, -0.2) is 0 Å². The Labute approximate surface area is 115 Å². The predicted molar refractivity (Wildman–Crippen MR) is 80.2 cm³/mol. The first kappa shape index (κ1) is 12.6. The molecule has 1 fully saturated rings. The van der Waals surface area contributed by atoms with Crippen LogP contribution in [0.5, 0.6) is 0 Å². The smallest absolute Gasteiger partial charge is 0.0136 e. The van der Waals surface area contributed by atoms with Crippen LogP contribution in [0.2, 0.25) is 0 Å². The molecule has 2 N–H and O–H groups in total. The number of nitrogens with two attached hydrogens (primary N) is 1. The van der Waals surface area contributed by atoms with Gasteiger partial charge in [0.15, 0.2) is 0 Å². The molecule has 0 amide bonds. The van der Waals surface area contributed by atoms with Crippen LogP contribution in [-0.4, -0.2) is 17.0 Å². The molecule has 18 heavy (non-hydrogen) atoms. The minimum atomic E-state index is 0.383. The molecular formula is C16H23NS. The van der Waals surface area contributed by atoms with E-state index in [2.05, 4.69) is 36.0 Å². The summed E-state index contributed by atoms with van der Waals surface area (Å²) in [7, 11) is 0. The number of benzene rings is 1. The summed E-state index contributed by atoms with van der Waals surface area (Å²) in [5.41, 5.74) is 9.39. The summed E-state index contributed by atoms with van der Waals surface area (Å²) in [6.45, 7) is 0. The molecule has 2 aliphatic carbocycles. The van der Waals surface area contributed by atoms with Gasteiger partial charge < -0.3 is 5.73 Å². The van der Waals surface area contributed by atoms with Gasteiger partial charge in [0.1, 0.15) is 0 Å². The second-order valence-electron chi connectivity index (χ2n) is 5.84. The van der Waals surface area contributed by atoms with Gasteiger partial charge in [0.05, 0.1) is 0 Å². The van der Waals surface area contributed by atoms with E-state index in [0.717, 1.165) is 16.9 Å². The number of thioether (sulfide) groups is 1. The molecule has 0 bridgehead atoms. The second kappa shape index (κ2) is 5.66. The van der Waals surface area contributed by atoms with Crippen LogP contribution in [0.1, 0.15) is 49.1 Å². The molecule has 3 rings (SSSR count). The molecule has 0 aromatic heterocycles. The molecule has 0 saturated heterocycles. The van der Waals surface area contributed by atoms with Crippen molar-refractivity contribution in [3.05, 3.63) is 35.4 Å². The van der Waals surface area contributed by atoms with Crippen molar-refractivity contribution in [1.82, 2.24) is 0 Å². The summed E-state index contributed by atoms with van der Waals surface area (Å²) in [6, 6.07) is 9.22. The van der Waals surface area contributed by atoms with Gasteiger partial charge in [0.25, 0.3) is 0 Å². The van der Waals surface area contributed by atoms with Crippen LogP contribution >= 0.6 is 11.8 Å². The zero-order valence-electron chi connectivity index (χ0n) is 11.0. The lowest BCUT2D eigenvalue weighted by Crippen LogP contribution is -2.30. The van der Waals surface area contributed by atoms with Gasteiger partial charge in [-0.1, -0.05) is 37.1 Å². The zero-order chi connectivity index (χ0) is 12.4. The Morgan fingerprint density at radius 2 is 2.00 bits per heavy atom. The van der Waals surface area contributed by atoms with Crippen molar-refractivity contribution in [3.8, 4) is 0 Å². The fourth-order valence-electron chi connectivity index (χ4n) is 3.32. The Kier molecular flexibility index (Phi) is 3.95. The SMILES string of the molecule is NC(CSC1CCCC1)CC1Cc2ccccc21. The Hall–Kier alpha value is -0.470. The maximum absolute atomic E-state index is 6.30. The largest absolute Gasteiger partial charge is 0.327 e. The van der Waals surface area contributed by atoms with Gasteiger partial charge >= 0.3 is 0 Å². The van der Waals surface area contributed by atoms with E-state index < -0.39 is 0 Å². The predicted octanol–water partition coefficient (Wildman–Crippen LogP) is 3.72. The van der Waals surface area contributed by atoms with E-state index in [1.54, 1.807) is 5.56 Å². The lowest BCUT2D eigenvalue weighted by Gasteiger charge is -2.32. The maximum atomic E-state index is 6.30. The summed E-state index contributed by atoms with van der Waals surface area (Å²) in [6.07, 6.45) is 8.13. The van der Waals surface area contributed by atoms with E-state index in [1.807, 2.05) is 0 Å². The third-order valence-corrected chi connectivity index (χ3v) is 5.96. The zero-order valence-corrected chi connectivity index (χ0v) is 11.8. The van der Waals surface area contributed by atoms with E-state index >= 15 is 0 Å². The summed E-state index contributed by atoms with van der Waals surface area (Å²) >= 11 is 2.13. The van der Waals surface area contributed by atoms with Crippen LogP contribution in [0, 0.1) is 0 Å². The first-order valence-electron chi connectivity index (χ1n) is 7.28. The highest BCUT2D eigenvalue weighted by Gasteiger charge is 2.27. The molecule has 2 aliphatic rings. The molecule has 0 radical (unpaired) electrons. The molecule has 0 heterocycles. The minimum Gasteiger partial charge on any atom is -0.327 e. The van der Waals surface area contributed by atoms with E-state index in [4.69, 9.17) is 5.73 Å². The second-order valence-corrected chi connectivity index (χ2v) is 7.17. The van der Waals surface area contributed by atoms with E-state index in [9.17, 15) is 0 Å². The summed E-state index contributed by atoms with van der Waals surface area (Å²) in [4.78, 5) is 0. The normalized spacial score (nSPS) is 24.6. The third kappa shape index (κ3) is 2.75. The van der Waals surface area contributed by atoms with Gasteiger partial charge in [0, 0.05) is 17.0 Å². The monoisotopic (exact) mass is 261 g/mol. The van der Waals surface area contributed by atoms with Crippen molar-refractivity contribution in [2.45, 2.75) is 55.7 Å². The highest BCUT2D eigenvalue weighted by Crippen LogP contribution is 2.38. The Morgan fingerprint density at radius 3 is 2.78 bits per heavy atom. The van der Waals surface area contributed by atoms with Crippen molar-refractivity contribution in [2.75, 3.05) is 5.75 Å². The van der Waals surface area contributed by atoms with Crippen molar-refractivity contribution in [3.63, 3.8) is 0 Å². The fourth-order valence-corrected chi connectivity index (χ4v) is 4.64. The van der Waals surface area contributed by atoms with Crippen molar-refractivity contribution in [1.29, 1.82) is 0 Å². The Morgan fingerprint density at radius 1 is 1.22 bits per heavy atom. The number of fused-ring (bicyclic) bond motifs is 1. The Balaban J connectivity index is 1.43. The average Bonchev–Trinajstić information content (AvgIpc) is 2.87. The molecular weight excluding hydrogens is 238 g/mol. The first-order valence-corrected chi connectivity index (χ1v) is 8.33. The first-order chi connectivity index (χ1) is 8.83. The molecule has 2 unspecified atom stereocenters. The lowest BCUT2D eigenvalue weighted by atomic mass is 9.75. The van der Waals surface area contributed by atoms with Gasteiger partial charge in [-0.2, -0.15) is 11.8 Å². The number of hydrogen-bond donors (Lipinski definition) is 1. The summed E-state index contributed by atoms with van der Waals surface area (Å²) < 4.78 is 0. The van der Waals surface area contributed by atoms with Gasteiger partial charge in [-0.15, -0.1) is 0 Å². The van der Waals surface area contributed by atoms with Gasteiger partial charge in [0.2, 0.25) is 0 Å². The molecule has 0 aliphatic heterocycles. The third-order valence-electron chi connectivity index (χ3n) is 4.40. The topological polar surface area (TPSA) is 26.0 Å². The number of hydrogen-bond acceptors (Lipinski definition) is 2. The molecule has 98 valence electrons. The highest BCUT2D eigenvalue weighted by molar-refractivity contribution is 7.99. The molecule has 1 nitrogen and oxygen atoms in total. The summed E-state index contributed by atoms with van der Waals surface area (Å²) in [5.74, 6) is 1.89. The van der Waals surface area contributed by atoms with Crippen molar-refractivity contribution in [2.24, 2.45) is 5.73 Å². The van der Waals surface area contributed by atoms with Crippen molar-refractivity contribution < 1.29 is 0 Å². The van der Waals surface area contributed by atoms with Crippen LogP contribution in [0.25, 0.3) is 0 Å². The molecule has 2 heteroatoms. The average molecular weight is 261 g/mol. The maximum Gasteiger partial charge on any atom is 0.0136 e. The molecule has 1 aromatic carbocycles. The minimum absolute atomic E-state index is 0.383. The Bertz CT molecular complexity index is 398. The van der Waals surface area contributed by atoms with Gasteiger partial charge in [-0.3, -0.25) is 0 Å². The van der Waals surface area contributed by atoms with E-state index in [-0.39, 0.29) is 0 Å². The summed E-state index contributed by atoms with van der Waals surface area (Å²) in [5, 5.41) is 0.907. The fraction of sp³-hybridized carbons (Fsp3) is 0.625. The number of rotatable bonds is 5. The molecule has 1 saturated carbocycles. The standard InChI is InChI=1S/C16H23NS/c17-14(11-18-15-6-2-3-7-15)10-13-9-12-5-1-4-8-16(12)13/h1,4-5,8,13-15H,2-3,6-7,9-11,17H2. The van der Waals surface area contributed by atoms with E-state index in [1.165, 1.54) is 44.1 Å². The van der Waals surface area contributed by atoms with Gasteiger partial charge in [-0.05, 0) is 42.7 Å². The van der Waals surface area contributed by atoms with Crippen molar-refractivity contribution >= 4 is 11.8 Å². The van der Waals surface area contributed by atoms with Crippen LogP contribution in [0.3, 0.4) is 0 Å². The van der Waals surface area contributed by atoms with E-state index in [0.29, 0.717) is 6.04 Å². The molecule has 0 spiro atoms. The lowest BCUT2D eigenvalue weighted by molar-refractivity contribution is 0.510. The van der Waals surface area contributed by atoms with Crippen LogP contribution in [-0.2, 0) is 6.42 Å².